The molecule has 9 heteroatoms. The molecule has 2 aliphatic heterocycles. The number of carbonyl (C=O) groups excluding carboxylic acids is 2. The molecule has 0 saturated carbocycles. The Balaban J connectivity index is 1.78. The summed E-state index contributed by atoms with van der Waals surface area (Å²) in [6, 6.07) is 4.02. The van der Waals surface area contributed by atoms with Crippen LogP contribution in [0.2, 0.25) is 0 Å². The van der Waals surface area contributed by atoms with E-state index in [-0.39, 0.29) is 41.8 Å². The van der Waals surface area contributed by atoms with Gasteiger partial charge < -0.3 is 14.8 Å². The average molecular weight is 377 g/mol. The molecule has 2 unspecified atom stereocenters. The highest BCUT2D eigenvalue weighted by Crippen LogP contribution is 2.38. The Hall–Kier alpha value is -2.68. The van der Waals surface area contributed by atoms with Gasteiger partial charge in [0, 0.05) is 19.2 Å². The zero-order valence-electron chi connectivity index (χ0n) is 15.3. The molecule has 1 fully saturated rings. The van der Waals surface area contributed by atoms with Gasteiger partial charge in [-0.2, -0.15) is 0 Å². The lowest BCUT2D eigenvalue weighted by molar-refractivity contribution is -0.384. The highest BCUT2D eigenvalue weighted by Gasteiger charge is 2.38. The highest BCUT2D eigenvalue weighted by atomic mass is 16.6. The van der Waals surface area contributed by atoms with E-state index in [1.807, 2.05) is 13.8 Å². The van der Waals surface area contributed by atoms with E-state index in [2.05, 4.69) is 5.32 Å². The van der Waals surface area contributed by atoms with Gasteiger partial charge in [-0.15, -0.1) is 0 Å². The summed E-state index contributed by atoms with van der Waals surface area (Å²) < 4.78 is 11.2. The van der Waals surface area contributed by atoms with Crippen molar-refractivity contribution < 1.29 is 24.0 Å². The van der Waals surface area contributed by atoms with Gasteiger partial charge in [0.1, 0.15) is 6.54 Å². The van der Waals surface area contributed by atoms with Crippen molar-refractivity contribution in [3.63, 3.8) is 0 Å². The molecule has 0 spiro atoms. The molecule has 0 radical (unpaired) electrons. The lowest BCUT2D eigenvalue weighted by Gasteiger charge is -2.35. The summed E-state index contributed by atoms with van der Waals surface area (Å²) in [7, 11) is 0. The summed E-state index contributed by atoms with van der Waals surface area (Å²) in [6.45, 7) is 4.56. The van der Waals surface area contributed by atoms with Crippen LogP contribution in [0.15, 0.2) is 18.2 Å². The van der Waals surface area contributed by atoms with Gasteiger partial charge in [0.25, 0.3) is 11.6 Å². The van der Waals surface area contributed by atoms with Crippen molar-refractivity contribution in [2.75, 3.05) is 24.6 Å². The molecule has 9 nitrogen and oxygen atoms in total. The van der Waals surface area contributed by atoms with E-state index in [9.17, 15) is 19.7 Å². The molecule has 0 aromatic heterocycles. The van der Waals surface area contributed by atoms with E-state index < -0.39 is 11.0 Å². The number of carbonyl (C=O) groups is 2. The number of hydrogen-bond acceptors (Lipinski definition) is 6. The van der Waals surface area contributed by atoms with E-state index >= 15 is 0 Å². The topological polar surface area (TPSA) is 111 Å². The average Bonchev–Trinajstić information content (AvgIpc) is 3.15. The number of nitrogens with zero attached hydrogens (tertiary/aromatic N) is 2. The van der Waals surface area contributed by atoms with Crippen molar-refractivity contribution in [1.29, 1.82) is 0 Å². The Morgan fingerprint density at radius 3 is 2.85 bits per heavy atom. The Morgan fingerprint density at radius 1 is 1.44 bits per heavy atom. The van der Waals surface area contributed by atoms with Crippen molar-refractivity contribution in [3.8, 4) is 5.75 Å². The second-order valence-electron chi connectivity index (χ2n) is 7.06. The van der Waals surface area contributed by atoms with Crippen molar-refractivity contribution in [3.05, 3.63) is 28.3 Å². The van der Waals surface area contributed by atoms with Crippen LogP contribution in [-0.2, 0) is 14.3 Å². The minimum Gasteiger partial charge on any atom is -0.478 e. The van der Waals surface area contributed by atoms with Crippen LogP contribution < -0.4 is 15.0 Å². The molecular weight excluding hydrogens is 354 g/mol. The zero-order chi connectivity index (χ0) is 19.6. The van der Waals surface area contributed by atoms with Gasteiger partial charge in [-0.25, -0.2) is 0 Å². The van der Waals surface area contributed by atoms with Gasteiger partial charge in [-0.1, -0.05) is 13.8 Å². The first kappa shape index (κ1) is 19.1. The lowest BCUT2D eigenvalue weighted by atomic mass is 10.0. The summed E-state index contributed by atoms with van der Waals surface area (Å²) in [6.07, 6.45) is 1.09. The van der Waals surface area contributed by atoms with E-state index in [0.717, 1.165) is 12.8 Å². The van der Waals surface area contributed by atoms with E-state index in [1.165, 1.54) is 23.1 Å². The Labute approximate surface area is 156 Å². The van der Waals surface area contributed by atoms with Crippen LogP contribution in [0.25, 0.3) is 0 Å². The number of hydrogen-bond donors (Lipinski definition) is 1. The molecule has 2 amide bonds. The molecule has 2 heterocycles. The first-order valence-electron chi connectivity index (χ1n) is 9.01. The van der Waals surface area contributed by atoms with Crippen LogP contribution in [-0.4, -0.2) is 48.6 Å². The summed E-state index contributed by atoms with van der Waals surface area (Å²) in [5.74, 6) is -0.567. The van der Waals surface area contributed by atoms with E-state index in [0.29, 0.717) is 18.8 Å². The second kappa shape index (κ2) is 7.91. The number of nitro benzene ring substituents is 1. The third kappa shape index (κ3) is 4.19. The Bertz CT molecular complexity index is 745. The van der Waals surface area contributed by atoms with Gasteiger partial charge >= 0.3 is 0 Å². The molecule has 1 aromatic rings. The predicted octanol–water partition coefficient (Wildman–Crippen LogP) is 1.64. The van der Waals surface area contributed by atoms with Gasteiger partial charge in [-0.05, 0) is 24.8 Å². The van der Waals surface area contributed by atoms with Gasteiger partial charge in [0.2, 0.25) is 5.91 Å². The predicted molar refractivity (Wildman–Crippen MR) is 96.7 cm³/mol. The molecule has 3 rings (SSSR count). The van der Waals surface area contributed by atoms with Crippen molar-refractivity contribution in [2.45, 2.75) is 38.9 Å². The van der Waals surface area contributed by atoms with Gasteiger partial charge in [0.05, 0.1) is 22.8 Å². The molecule has 27 heavy (non-hydrogen) atoms. The number of ether oxygens (including phenoxy) is 2. The number of nitrogens with one attached hydrogen (secondary N) is 1. The first-order valence-corrected chi connectivity index (χ1v) is 9.01. The number of amides is 2. The lowest BCUT2D eigenvalue weighted by Crippen LogP contribution is -2.52. The molecule has 2 aliphatic rings. The maximum absolute atomic E-state index is 12.8. The van der Waals surface area contributed by atoms with Crippen LogP contribution in [0.3, 0.4) is 0 Å². The van der Waals surface area contributed by atoms with Crippen molar-refractivity contribution >= 4 is 23.2 Å². The third-order valence-corrected chi connectivity index (χ3v) is 4.67. The summed E-state index contributed by atoms with van der Waals surface area (Å²) >= 11 is 0. The smallest absolute Gasteiger partial charge is 0.273 e. The quantitative estimate of drug-likeness (QED) is 0.596. The molecule has 1 aromatic carbocycles. The maximum Gasteiger partial charge on any atom is 0.273 e. The number of fused-ring (bicyclic) bond motifs is 1. The second-order valence-corrected chi connectivity index (χ2v) is 7.06. The standard InChI is InChI=1S/C18H23N3O6/c1-11(2)17-18(23)20(10-16(22)19-9-13-4-3-7-26-13)14-6-5-12(21(24)25)8-15(14)27-17/h5-6,8,11,13,17H,3-4,7,9-10H2,1-2H3,(H,19,22). The Kier molecular flexibility index (Phi) is 5.59. The third-order valence-electron chi connectivity index (χ3n) is 4.67. The van der Waals surface area contributed by atoms with Crippen LogP contribution >= 0.6 is 0 Å². The molecule has 1 saturated heterocycles. The van der Waals surface area contributed by atoms with Crippen LogP contribution in [0.5, 0.6) is 5.75 Å². The molecule has 0 aliphatic carbocycles. The molecule has 1 N–H and O–H groups in total. The minimum atomic E-state index is -0.800. The highest BCUT2D eigenvalue weighted by molar-refractivity contribution is 6.04. The SMILES string of the molecule is CC(C)C1Oc2cc([N+](=O)[O-])ccc2N(CC(=O)NCC2CCCO2)C1=O. The van der Waals surface area contributed by atoms with E-state index in [1.54, 1.807) is 0 Å². The number of benzene rings is 1. The zero-order valence-corrected chi connectivity index (χ0v) is 15.3. The molecule has 146 valence electrons. The molecule has 0 bridgehead atoms. The first-order chi connectivity index (χ1) is 12.9. The number of non-ortho nitro benzene ring substituents is 1. The van der Waals surface area contributed by atoms with Crippen molar-refractivity contribution in [1.82, 2.24) is 5.32 Å². The fraction of sp³-hybridized carbons (Fsp3) is 0.556. The van der Waals surface area contributed by atoms with E-state index in [4.69, 9.17) is 9.47 Å². The van der Waals surface area contributed by atoms with Crippen molar-refractivity contribution in [2.24, 2.45) is 5.92 Å². The minimum absolute atomic E-state index is 0.00712. The van der Waals surface area contributed by atoms with Crippen LogP contribution in [0.4, 0.5) is 11.4 Å². The monoisotopic (exact) mass is 377 g/mol. The molecular formula is C18H23N3O6. The van der Waals surface area contributed by atoms with Crippen LogP contribution in [0.1, 0.15) is 26.7 Å². The van der Waals surface area contributed by atoms with Gasteiger partial charge in [0.15, 0.2) is 11.9 Å². The largest absolute Gasteiger partial charge is 0.478 e. The summed E-state index contributed by atoms with van der Waals surface area (Å²) in [4.78, 5) is 37.0. The Morgan fingerprint density at radius 2 is 2.22 bits per heavy atom. The van der Waals surface area contributed by atoms with Gasteiger partial charge in [-0.3, -0.25) is 24.6 Å². The summed E-state index contributed by atoms with van der Waals surface area (Å²) in [5.41, 5.74) is 0.225. The maximum atomic E-state index is 12.8. The fourth-order valence-corrected chi connectivity index (χ4v) is 3.21. The number of nitro groups is 1. The summed E-state index contributed by atoms with van der Waals surface area (Å²) in [5, 5.41) is 13.8. The fourth-order valence-electron chi connectivity index (χ4n) is 3.21. The van der Waals surface area contributed by atoms with Crippen LogP contribution in [0, 0.1) is 16.0 Å². The number of rotatable bonds is 6. The molecule has 2 atom stereocenters. The normalized spacial score (nSPS) is 21.7. The number of anilines is 1.